The lowest BCUT2D eigenvalue weighted by atomic mass is 10.1. The lowest BCUT2D eigenvalue weighted by molar-refractivity contribution is -0.122. The van der Waals surface area contributed by atoms with Gasteiger partial charge in [-0.2, -0.15) is 9.67 Å². The molecule has 0 atom stereocenters. The second-order valence-corrected chi connectivity index (χ2v) is 8.57. The average Bonchev–Trinajstić information content (AvgIpc) is 3.67. The Hall–Kier alpha value is -4.93. The second kappa shape index (κ2) is 9.02. The van der Waals surface area contributed by atoms with Crippen molar-refractivity contribution in [2.45, 2.75) is 19.4 Å². The Morgan fingerprint density at radius 2 is 1.94 bits per heavy atom. The molecule has 0 saturated heterocycles. The van der Waals surface area contributed by atoms with E-state index in [1.165, 1.54) is 0 Å². The molecule has 0 radical (unpaired) electrons. The van der Waals surface area contributed by atoms with Crippen molar-refractivity contribution in [1.29, 1.82) is 0 Å². The molecule has 5 aromatic rings. The van der Waals surface area contributed by atoms with Gasteiger partial charge in [-0.1, -0.05) is 29.5 Å². The lowest BCUT2D eigenvalue weighted by Gasteiger charge is -2.09. The Balaban J connectivity index is 1.25. The number of nitrogens with zero attached hydrogens (tertiary/aromatic N) is 7. The van der Waals surface area contributed by atoms with Crippen LogP contribution in [0.15, 0.2) is 67.0 Å². The van der Waals surface area contributed by atoms with Gasteiger partial charge in [0.2, 0.25) is 17.8 Å². The van der Waals surface area contributed by atoms with Crippen LogP contribution in [0.5, 0.6) is 0 Å². The first-order valence-corrected chi connectivity index (χ1v) is 11.5. The molecule has 1 amide bonds. The van der Waals surface area contributed by atoms with Crippen LogP contribution in [0, 0.1) is 5.92 Å². The molecule has 1 saturated carbocycles. The molecule has 2 aromatic carbocycles. The largest absolute Gasteiger partial charge is 0.368 e. The Kier molecular flexibility index (Phi) is 5.41. The van der Waals surface area contributed by atoms with Gasteiger partial charge >= 0.3 is 0 Å². The molecule has 0 bridgehead atoms. The van der Waals surface area contributed by atoms with Gasteiger partial charge in [0.1, 0.15) is 0 Å². The maximum absolute atomic E-state index is 12.0. The monoisotopic (exact) mass is 478 g/mol. The third-order valence-electron chi connectivity index (χ3n) is 5.85. The van der Waals surface area contributed by atoms with Gasteiger partial charge in [0, 0.05) is 29.9 Å². The van der Waals surface area contributed by atoms with Crippen LogP contribution in [0.2, 0.25) is 0 Å². The Morgan fingerprint density at radius 1 is 1.06 bits per heavy atom. The number of anilines is 3. The number of nitrogen functional groups attached to an aromatic ring is 1. The first kappa shape index (κ1) is 21.6. The molecule has 0 spiro atoms. The van der Waals surface area contributed by atoms with Gasteiger partial charge in [0.25, 0.3) is 0 Å². The summed E-state index contributed by atoms with van der Waals surface area (Å²) in [5.74, 6) is 0.908. The fraction of sp³-hybridized carbons (Fsp3) is 0.160. The molecule has 1 fully saturated rings. The van der Waals surface area contributed by atoms with Crippen molar-refractivity contribution in [1.82, 2.24) is 40.2 Å². The number of rotatable bonds is 7. The van der Waals surface area contributed by atoms with E-state index in [0.717, 1.165) is 41.0 Å². The molecule has 0 aliphatic heterocycles. The van der Waals surface area contributed by atoms with Crippen LogP contribution < -0.4 is 16.4 Å². The highest BCUT2D eigenvalue weighted by atomic mass is 16.2. The van der Waals surface area contributed by atoms with Crippen LogP contribution >= 0.6 is 0 Å². The molecule has 1 aliphatic carbocycles. The number of carbonyl (C=O) groups excluding carboxylic acids is 1. The Bertz CT molecular complexity index is 1580. The quantitative estimate of drug-likeness (QED) is 0.321. The fourth-order valence-electron chi connectivity index (χ4n) is 3.86. The highest BCUT2D eigenvalue weighted by Crippen LogP contribution is 2.29. The topological polar surface area (TPSA) is 149 Å². The third-order valence-corrected chi connectivity index (χ3v) is 5.85. The van der Waals surface area contributed by atoms with Gasteiger partial charge in [-0.3, -0.25) is 4.79 Å². The predicted molar refractivity (Wildman–Crippen MR) is 134 cm³/mol. The zero-order valence-corrected chi connectivity index (χ0v) is 19.2. The molecule has 178 valence electrons. The van der Waals surface area contributed by atoms with Crippen molar-refractivity contribution in [2.24, 2.45) is 5.92 Å². The van der Waals surface area contributed by atoms with Crippen LogP contribution in [0.1, 0.15) is 18.4 Å². The summed E-state index contributed by atoms with van der Waals surface area (Å²) in [5, 5.41) is 14.7. The van der Waals surface area contributed by atoms with E-state index in [2.05, 4.69) is 40.9 Å². The van der Waals surface area contributed by atoms with Gasteiger partial charge < -0.3 is 16.4 Å². The van der Waals surface area contributed by atoms with Gasteiger partial charge in [-0.05, 0) is 48.7 Å². The third kappa shape index (κ3) is 4.53. The standard InChI is InChI=1S/C25H22N10O/c26-24-27-10-9-20(31-24)17-4-2-5-18(12-17)30-25-29-14-21-22(32-25)35(34-33-21)19-6-1-3-15(11-19)13-28-23(36)16-7-8-16/h1-6,9-12,14,16H,7-8,13H2,(H,28,36)(H2,26,27,31)(H,29,30,32). The Morgan fingerprint density at radius 3 is 2.81 bits per heavy atom. The summed E-state index contributed by atoms with van der Waals surface area (Å²) in [4.78, 5) is 29.3. The average molecular weight is 479 g/mol. The predicted octanol–water partition coefficient (Wildman–Crippen LogP) is 3.02. The summed E-state index contributed by atoms with van der Waals surface area (Å²) in [6.07, 6.45) is 5.21. The first-order chi connectivity index (χ1) is 17.6. The van der Waals surface area contributed by atoms with Crippen LogP contribution in [0.3, 0.4) is 0 Å². The molecule has 0 unspecified atom stereocenters. The van der Waals surface area contributed by atoms with Crippen molar-refractivity contribution >= 4 is 34.7 Å². The van der Waals surface area contributed by atoms with Crippen molar-refractivity contribution in [3.63, 3.8) is 0 Å². The van der Waals surface area contributed by atoms with Crippen LogP contribution in [-0.4, -0.2) is 40.8 Å². The molecule has 4 N–H and O–H groups in total. The summed E-state index contributed by atoms with van der Waals surface area (Å²) in [5.41, 5.74) is 11.0. The van der Waals surface area contributed by atoms with Crippen LogP contribution in [-0.2, 0) is 11.3 Å². The minimum atomic E-state index is 0.113. The molecule has 36 heavy (non-hydrogen) atoms. The summed E-state index contributed by atoms with van der Waals surface area (Å²) < 4.78 is 1.66. The number of aromatic nitrogens is 7. The smallest absolute Gasteiger partial charge is 0.229 e. The number of fused-ring (bicyclic) bond motifs is 1. The minimum absolute atomic E-state index is 0.113. The number of benzene rings is 2. The van der Waals surface area contributed by atoms with E-state index < -0.39 is 0 Å². The number of carbonyl (C=O) groups is 1. The molecule has 6 rings (SSSR count). The van der Waals surface area contributed by atoms with Gasteiger partial charge in [-0.15, -0.1) is 5.10 Å². The number of amides is 1. The molecular formula is C25H22N10O. The molecular weight excluding hydrogens is 456 g/mol. The van der Waals surface area contributed by atoms with Crippen molar-refractivity contribution < 1.29 is 4.79 Å². The van der Waals surface area contributed by atoms with E-state index in [9.17, 15) is 4.79 Å². The summed E-state index contributed by atoms with van der Waals surface area (Å²) in [7, 11) is 0. The van der Waals surface area contributed by atoms with E-state index in [-0.39, 0.29) is 17.8 Å². The van der Waals surface area contributed by atoms with Crippen molar-refractivity contribution in [3.8, 4) is 16.9 Å². The first-order valence-electron chi connectivity index (χ1n) is 11.5. The molecule has 3 heterocycles. The van der Waals surface area contributed by atoms with E-state index in [4.69, 9.17) is 5.73 Å². The van der Waals surface area contributed by atoms with Gasteiger partial charge in [0.05, 0.1) is 17.6 Å². The van der Waals surface area contributed by atoms with Gasteiger partial charge in [-0.25, -0.2) is 15.0 Å². The van der Waals surface area contributed by atoms with Crippen molar-refractivity contribution in [3.05, 3.63) is 72.6 Å². The van der Waals surface area contributed by atoms with Crippen LogP contribution in [0.25, 0.3) is 28.1 Å². The summed E-state index contributed by atoms with van der Waals surface area (Å²) >= 11 is 0. The van der Waals surface area contributed by atoms with Crippen molar-refractivity contribution in [2.75, 3.05) is 11.1 Å². The fourth-order valence-corrected chi connectivity index (χ4v) is 3.86. The van der Waals surface area contributed by atoms with Crippen LogP contribution in [0.4, 0.5) is 17.6 Å². The van der Waals surface area contributed by atoms with Gasteiger partial charge in [0.15, 0.2) is 11.2 Å². The van der Waals surface area contributed by atoms with E-state index in [1.54, 1.807) is 23.1 Å². The second-order valence-electron chi connectivity index (χ2n) is 8.57. The maximum atomic E-state index is 12.0. The zero-order chi connectivity index (χ0) is 24.5. The number of nitrogens with one attached hydrogen (secondary N) is 2. The Labute approximate surface area is 205 Å². The SMILES string of the molecule is Nc1nccc(-c2cccc(Nc3ncc4nnn(-c5cccc(CNC(=O)C6CC6)c5)c4n3)c2)n1. The van der Waals surface area contributed by atoms with E-state index in [0.29, 0.717) is 23.7 Å². The highest BCUT2D eigenvalue weighted by molar-refractivity contribution is 5.80. The molecule has 11 nitrogen and oxygen atoms in total. The minimum Gasteiger partial charge on any atom is -0.368 e. The molecule has 1 aliphatic rings. The van der Waals surface area contributed by atoms with E-state index >= 15 is 0 Å². The lowest BCUT2D eigenvalue weighted by Crippen LogP contribution is -2.24. The molecule has 3 aromatic heterocycles. The number of hydrogen-bond acceptors (Lipinski definition) is 9. The normalized spacial score (nSPS) is 13.0. The summed E-state index contributed by atoms with van der Waals surface area (Å²) in [6, 6.07) is 17.3. The maximum Gasteiger partial charge on any atom is 0.229 e. The van der Waals surface area contributed by atoms with E-state index in [1.807, 2.05) is 48.5 Å². The zero-order valence-electron chi connectivity index (χ0n) is 19.2. The number of nitrogens with two attached hydrogens (primary N) is 1. The number of hydrogen-bond donors (Lipinski definition) is 3. The summed E-state index contributed by atoms with van der Waals surface area (Å²) in [6.45, 7) is 0.464. The highest BCUT2D eigenvalue weighted by Gasteiger charge is 2.29. The molecule has 11 heteroatoms.